The third kappa shape index (κ3) is 5.06. The van der Waals surface area contributed by atoms with Crippen molar-refractivity contribution in [3.8, 4) is 23.6 Å². The summed E-state index contributed by atoms with van der Waals surface area (Å²) in [5, 5.41) is 29.7. The molecule has 3 rings (SSSR count). The van der Waals surface area contributed by atoms with Crippen LogP contribution in [-0.2, 0) is 6.61 Å². The van der Waals surface area contributed by atoms with Gasteiger partial charge in [0.1, 0.15) is 6.61 Å². The fourth-order valence-electron chi connectivity index (χ4n) is 2.94. The molecule has 0 saturated heterocycles. The van der Waals surface area contributed by atoms with Crippen LogP contribution in [0.4, 0.5) is 5.69 Å². The molecule has 0 atom stereocenters. The second-order valence-corrected chi connectivity index (χ2v) is 6.45. The minimum Gasteiger partial charge on any atom is -0.493 e. The van der Waals surface area contributed by atoms with E-state index in [4.69, 9.17) is 9.47 Å². The number of ether oxygens (including phenoxy) is 2. The Hall–Kier alpha value is -4.62. The van der Waals surface area contributed by atoms with Crippen LogP contribution in [0.25, 0.3) is 11.6 Å². The number of nitro benzene ring substituents is 1. The third-order valence-electron chi connectivity index (χ3n) is 4.51. The van der Waals surface area contributed by atoms with Gasteiger partial charge in [-0.2, -0.15) is 10.5 Å². The minimum absolute atomic E-state index is 0.0855. The maximum absolute atomic E-state index is 11.0. The van der Waals surface area contributed by atoms with Crippen LogP contribution in [0.15, 0.2) is 66.7 Å². The van der Waals surface area contributed by atoms with Gasteiger partial charge in [0.15, 0.2) is 11.5 Å². The fourth-order valence-corrected chi connectivity index (χ4v) is 2.94. The number of nitrogens with zero attached hydrogens (tertiary/aromatic N) is 3. The Kier molecular flexibility index (Phi) is 6.62. The van der Waals surface area contributed by atoms with Crippen molar-refractivity contribution in [3.63, 3.8) is 0 Å². The van der Waals surface area contributed by atoms with E-state index < -0.39 is 4.92 Å². The van der Waals surface area contributed by atoms with Gasteiger partial charge in [0.2, 0.25) is 0 Å². The van der Waals surface area contributed by atoms with Gasteiger partial charge < -0.3 is 9.47 Å². The highest BCUT2D eigenvalue weighted by atomic mass is 16.6. The lowest BCUT2D eigenvalue weighted by Crippen LogP contribution is -2.00. The number of benzene rings is 3. The molecule has 0 amide bonds. The summed E-state index contributed by atoms with van der Waals surface area (Å²) in [6, 6.07) is 22.5. The van der Waals surface area contributed by atoms with E-state index in [9.17, 15) is 20.6 Å². The normalized spacial score (nSPS) is 10.6. The average molecular weight is 411 g/mol. The predicted molar refractivity (Wildman–Crippen MR) is 115 cm³/mol. The zero-order valence-electron chi connectivity index (χ0n) is 16.6. The van der Waals surface area contributed by atoms with Crippen LogP contribution in [0.3, 0.4) is 0 Å². The molecule has 0 unspecified atom stereocenters. The Labute approximate surface area is 179 Å². The van der Waals surface area contributed by atoms with E-state index in [0.29, 0.717) is 28.2 Å². The quantitative estimate of drug-likeness (QED) is 0.231. The summed E-state index contributed by atoms with van der Waals surface area (Å²) in [7, 11) is 1.50. The van der Waals surface area contributed by atoms with Gasteiger partial charge >= 0.3 is 0 Å². The van der Waals surface area contributed by atoms with Gasteiger partial charge in [-0.05, 0) is 35.4 Å². The molecule has 0 aliphatic carbocycles. The third-order valence-corrected chi connectivity index (χ3v) is 4.51. The maximum atomic E-state index is 11.0. The molecular weight excluding hydrogens is 394 g/mol. The molecule has 7 nitrogen and oxygen atoms in total. The Morgan fingerprint density at radius 3 is 2.58 bits per heavy atom. The average Bonchev–Trinajstić information content (AvgIpc) is 2.81. The van der Waals surface area contributed by atoms with Gasteiger partial charge in [-0.25, -0.2) is 0 Å². The van der Waals surface area contributed by atoms with Crippen molar-refractivity contribution in [1.82, 2.24) is 0 Å². The first-order valence-corrected chi connectivity index (χ1v) is 9.21. The van der Waals surface area contributed by atoms with Gasteiger partial charge in [0, 0.05) is 17.7 Å². The second-order valence-electron chi connectivity index (χ2n) is 6.45. The van der Waals surface area contributed by atoms with Gasteiger partial charge in [0.25, 0.3) is 5.69 Å². The molecule has 7 heteroatoms. The van der Waals surface area contributed by atoms with Crippen molar-refractivity contribution in [2.45, 2.75) is 6.61 Å². The van der Waals surface area contributed by atoms with E-state index in [1.807, 2.05) is 12.1 Å². The van der Waals surface area contributed by atoms with E-state index in [-0.39, 0.29) is 17.9 Å². The number of non-ortho nitro benzene ring substituents is 1. The summed E-state index contributed by atoms with van der Waals surface area (Å²) in [4.78, 5) is 10.5. The molecule has 0 aliphatic heterocycles. The van der Waals surface area contributed by atoms with Crippen molar-refractivity contribution < 1.29 is 14.4 Å². The second kappa shape index (κ2) is 9.73. The molecule has 0 heterocycles. The van der Waals surface area contributed by atoms with Crippen molar-refractivity contribution in [2.75, 3.05) is 7.11 Å². The highest BCUT2D eigenvalue weighted by Crippen LogP contribution is 2.31. The Balaban J connectivity index is 1.86. The van der Waals surface area contributed by atoms with Crippen molar-refractivity contribution in [1.29, 1.82) is 10.5 Å². The zero-order chi connectivity index (χ0) is 22.2. The van der Waals surface area contributed by atoms with E-state index in [1.165, 1.54) is 25.3 Å². The highest BCUT2D eigenvalue weighted by Gasteiger charge is 2.11. The Morgan fingerprint density at radius 1 is 1.06 bits per heavy atom. The fraction of sp³-hybridized carbons (Fsp3) is 0.0833. The van der Waals surface area contributed by atoms with Crippen LogP contribution in [0.1, 0.15) is 22.3 Å². The number of nitro groups is 1. The molecule has 31 heavy (non-hydrogen) atoms. The summed E-state index contributed by atoms with van der Waals surface area (Å²) >= 11 is 0. The molecule has 0 saturated carbocycles. The van der Waals surface area contributed by atoms with Crippen LogP contribution >= 0.6 is 0 Å². The van der Waals surface area contributed by atoms with Crippen LogP contribution in [0.2, 0.25) is 0 Å². The molecule has 3 aromatic rings. The first-order valence-electron chi connectivity index (χ1n) is 9.21. The van der Waals surface area contributed by atoms with E-state index in [1.54, 1.807) is 42.5 Å². The first kappa shape index (κ1) is 21.1. The van der Waals surface area contributed by atoms with E-state index in [2.05, 4.69) is 12.1 Å². The lowest BCUT2D eigenvalue weighted by atomic mass is 10.0. The van der Waals surface area contributed by atoms with Crippen molar-refractivity contribution in [3.05, 3.63) is 99.1 Å². The monoisotopic (exact) mass is 411 g/mol. The molecule has 3 aromatic carbocycles. The number of hydrogen-bond donors (Lipinski definition) is 0. The topological polar surface area (TPSA) is 109 Å². The number of methoxy groups -OCH3 is 1. The molecule has 0 aromatic heterocycles. The molecule has 0 spiro atoms. The van der Waals surface area contributed by atoms with Crippen LogP contribution < -0.4 is 9.47 Å². The Bertz CT molecular complexity index is 1240. The first-order chi connectivity index (χ1) is 15.0. The number of nitriles is 2. The van der Waals surface area contributed by atoms with Gasteiger partial charge in [-0.15, -0.1) is 0 Å². The minimum atomic E-state index is -0.502. The van der Waals surface area contributed by atoms with Crippen molar-refractivity contribution in [2.24, 2.45) is 0 Å². The molecule has 152 valence electrons. The highest BCUT2D eigenvalue weighted by molar-refractivity contribution is 5.90. The zero-order valence-corrected chi connectivity index (χ0v) is 16.6. The lowest BCUT2D eigenvalue weighted by molar-refractivity contribution is -0.384. The number of rotatable bonds is 7. The summed E-state index contributed by atoms with van der Waals surface area (Å²) in [6.45, 7) is 0.201. The summed E-state index contributed by atoms with van der Waals surface area (Å²) in [5.41, 5.74) is 2.61. The van der Waals surface area contributed by atoms with Gasteiger partial charge in [0.05, 0.1) is 35.3 Å². The van der Waals surface area contributed by atoms with E-state index in [0.717, 1.165) is 5.56 Å². The SMILES string of the molecule is COc1cc(/C=C(/C#N)c2cccc([N+](=O)[O-])c2)ccc1OCc1ccccc1C#N. The lowest BCUT2D eigenvalue weighted by Gasteiger charge is -2.12. The summed E-state index contributed by atoms with van der Waals surface area (Å²) in [6.07, 6.45) is 1.62. The summed E-state index contributed by atoms with van der Waals surface area (Å²) in [5.74, 6) is 0.945. The van der Waals surface area contributed by atoms with Crippen LogP contribution in [0.5, 0.6) is 11.5 Å². The predicted octanol–water partition coefficient (Wildman–Crippen LogP) is 5.12. The van der Waals surface area contributed by atoms with E-state index >= 15 is 0 Å². The largest absolute Gasteiger partial charge is 0.493 e. The molecule has 0 aliphatic rings. The summed E-state index contributed by atoms with van der Waals surface area (Å²) < 4.78 is 11.2. The molecule has 0 radical (unpaired) electrons. The number of hydrogen-bond acceptors (Lipinski definition) is 6. The molecule has 0 bridgehead atoms. The van der Waals surface area contributed by atoms with Crippen molar-refractivity contribution >= 4 is 17.3 Å². The molecule has 0 N–H and O–H groups in total. The molecule has 0 fully saturated rings. The smallest absolute Gasteiger partial charge is 0.270 e. The molecular formula is C24H17N3O4. The maximum Gasteiger partial charge on any atom is 0.270 e. The van der Waals surface area contributed by atoms with Crippen LogP contribution in [-0.4, -0.2) is 12.0 Å². The standard InChI is InChI=1S/C24H17N3O4/c1-30-24-12-17(11-21(15-26)18-7-4-8-22(13-18)27(28)29)9-10-23(24)31-16-20-6-3-2-5-19(20)14-25/h2-13H,16H2,1H3/b21-11-. The van der Waals surface area contributed by atoms with Gasteiger partial charge in [-0.1, -0.05) is 36.4 Å². The Morgan fingerprint density at radius 2 is 1.87 bits per heavy atom. The van der Waals surface area contributed by atoms with Gasteiger partial charge in [-0.3, -0.25) is 10.1 Å². The number of allylic oxidation sites excluding steroid dienone is 1. The van der Waals surface area contributed by atoms with Crippen LogP contribution in [0, 0.1) is 32.8 Å².